The zero-order valence-electron chi connectivity index (χ0n) is 16.5. The van der Waals surface area contributed by atoms with Crippen LogP contribution in [-0.2, 0) is 9.84 Å². The van der Waals surface area contributed by atoms with Crippen LogP contribution in [0.3, 0.4) is 0 Å². The molecule has 0 atom stereocenters. The highest BCUT2D eigenvalue weighted by atomic mass is 35.5. The molecule has 0 saturated heterocycles. The van der Waals surface area contributed by atoms with E-state index in [2.05, 4.69) is 0 Å². The van der Waals surface area contributed by atoms with Gasteiger partial charge >= 0.3 is 0 Å². The molecule has 3 aromatic carbocycles. The van der Waals surface area contributed by atoms with Crippen LogP contribution in [-0.4, -0.2) is 45.2 Å². The third kappa shape index (κ3) is 3.82. The number of rotatable bonds is 5. The molecule has 1 aliphatic rings. The first-order chi connectivity index (χ1) is 14.8. The third-order valence-electron chi connectivity index (χ3n) is 5.05. The molecule has 6 nitrogen and oxygen atoms in total. The summed E-state index contributed by atoms with van der Waals surface area (Å²) in [6.45, 7) is 0.469. The molecule has 3 aromatic rings. The maximum atomic E-state index is 13.0. The van der Waals surface area contributed by atoms with Crippen LogP contribution in [0.2, 0.25) is 5.02 Å². The van der Waals surface area contributed by atoms with E-state index in [0.29, 0.717) is 10.8 Å². The molecule has 0 unspecified atom stereocenters. The average molecular weight is 456 g/mol. The molecule has 0 aromatic heterocycles. The molecule has 31 heavy (non-hydrogen) atoms. The average Bonchev–Trinajstić information content (AvgIpc) is 2.78. The number of carbonyl (C=O) groups is 2. The van der Waals surface area contributed by atoms with Crippen molar-refractivity contribution >= 4 is 33.1 Å². The smallest absolute Gasteiger partial charge is 0.253 e. The van der Waals surface area contributed by atoms with Crippen LogP contribution in [0.5, 0.6) is 5.75 Å². The predicted octanol–water partition coefficient (Wildman–Crippen LogP) is 3.87. The summed E-state index contributed by atoms with van der Waals surface area (Å²) >= 11 is 6.05. The second kappa shape index (κ2) is 8.17. The van der Waals surface area contributed by atoms with E-state index < -0.39 is 9.84 Å². The van der Waals surface area contributed by atoms with Crippen molar-refractivity contribution in [1.29, 1.82) is 0 Å². The number of likely N-dealkylation sites (N-methyl/N-ethyl adjacent to an activating group) is 1. The van der Waals surface area contributed by atoms with Crippen molar-refractivity contribution in [2.45, 2.75) is 9.79 Å². The zero-order chi connectivity index (χ0) is 22.2. The molecule has 8 heteroatoms. The summed E-state index contributed by atoms with van der Waals surface area (Å²) in [6.07, 6.45) is 0. The van der Waals surface area contributed by atoms with E-state index in [1.165, 1.54) is 35.2 Å². The Kier molecular flexibility index (Phi) is 5.56. The summed E-state index contributed by atoms with van der Waals surface area (Å²) < 4.78 is 31.7. The summed E-state index contributed by atoms with van der Waals surface area (Å²) in [4.78, 5) is 26.8. The van der Waals surface area contributed by atoms with Crippen molar-refractivity contribution in [2.24, 2.45) is 0 Å². The molecule has 4 rings (SSSR count). The number of amides is 1. The Bertz CT molecular complexity index is 1300. The van der Waals surface area contributed by atoms with Gasteiger partial charge in [0.2, 0.25) is 9.84 Å². The van der Waals surface area contributed by atoms with Crippen molar-refractivity contribution in [3.8, 4) is 5.75 Å². The molecule has 0 aliphatic carbocycles. The number of para-hydroxylation sites is 1. The van der Waals surface area contributed by atoms with Crippen LogP contribution in [0, 0.1) is 0 Å². The molecule has 0 spiro atoms. The largest absolute Gasteiger partial charge is 0.490 e. The monoisotopic (exact) mass is 455 g/mol. The van der Waals surface area contributed by atoms with Crippen molar-refractivity contribution in [1.82, 2.24) is 4.90 Å². The van der Waals surface area contributed by atoms with Gasteiger partial charge < -0.3 is 9.64 Å². The quantitative estimate of drug-likeness (QED) is 0.456. The van der Waals surface area contributed by atoms with E-state index >= 15 is 0 Å². The third-order valence-corrected chi connectivity index (χ3v) is 7.22. The SMILES string of the molecule is CN(CCOc1ccccc1Cl)C(=O)c1ccc2c(c1)S(=O)(=O)c1ccccc1C2=O. The minimum Gasteiger partial charge on any atom is -0.490 e. The van der Waals surface area contributed by atoms with Gasteiger partial charge in [0.25, 0.3) is 5.91 Å². The van der Waals surface area contributed by atoms with Gasteiger partial charge in [-0.2, -0.15) is 0 Å². The molecular formula is C23H18ClNO5S. The van der Waals surface area contributed by atoms with Gasteiger partial charge in [-0.1, -0.05) is 35.9 Å². The molecule has 0 saturated carbocycles. The van der Waals surface area contributed by atoms with E-state index in [1.54, 1.807) is 43.4 Å². The van der Waals surface area contributed by atoms with Crippen molar-refractivity contribution < 1.29 is 22.7 Å². The summed E-state index contributed by atoms with van der Waals surface area (Å²) in [7, 11) is -2.31. The molecule has 0 N–H and O–H groups in total. The highest BCUT2D eigenvalue weighted by Gasteiger charge is 2.35. The lowest BCUT2D eigenvalue weighted by Gasteiger charge is -2.21. The Hall–Kier alpha value is -3.16. The van der Waals surface area contributed by atoms with E-state index in [9.17, 15) is 18.0 Å². The Morgan fingerprint density at radius 2 is 1.65 bits per heavy atom. The number of carbonyl (C=O) groups excluding carboxylic acids is 2. The minimum absolute atomic E-state index is 0.0430. The first-order valence-corrected chi connectivity index (χ1v) is 11.3. The molecule has 1 aliphatic heterocycles. The van der Waals surface area contributed by atoms with Gasteiger partial charge in [-0.15, -0.1) is 0 Å². The fraction of sp³-hybridized carbons (Fsp3) is 0.130. The summed E-state index contributed by atoms with van der Waals surface area (Å²) in [5, 5.41) is 0.473. The number of sulfone groups is 1. The highest BCUT2D eigenvalue weighted by molar-refractivity contribution is 7.91. The van der Waals surface area contributed by atoms with Crippen LogP contribution in [0.15, 0.2) is 76.5 Å². The van der Waals surface area contributed by atoms with E-state index in [0.717, 1.165) is 0 Å². The molecule has 1 amide bonds. The second-order valence-electron chi connectivity index (χ2n) is 7.05. The molecule has 0 fully saturated rings. The highest BCUT2D eigenvalue weighted by Crippen LogP contribution is 2.35. The lowest BCUT2D eigenvalue weighted by atomic mass is 10.0. The Balaban J connectivity index is 1.54. The van der Waals surface area contributed by atoms with Crippen LogP contribution in [0.1, 0.15) is 26.3 Å². The fourth-order valence-electron chi connectivity index (χ4n) is 3.39. The number of ether oxygens (including phenoxy) is 1. The molecule has 1 heterocycles. The molecule has 0 bridgehead atoms. The number of halogens is 1. The van der Waals surface area contributed by atoms with Crippen LogP contribution < -0.4 is 4.74 Å². The molecule has 0 radical (unpaired) electrons. The summed E-state index contributed by atoms with van der Waals surface area (Å²) in [5.41, 5.74) is 0.387. The first kappa shape index (κ1) is 21.1. The summed E-state index contributed by atoms with van der Waals surface area (Å²) in [5.74, 6) is -0.241. The number of hydrogen-bond donors (Lipinski definition) is 0. The van der Waals surface area contributed by atoms with Gasteiger partial charge in [0.15, 0.2) is 5.78 Å². The Morgan fingerprint density at radius 1 is 0.968 bits per heavy atom. The number of nitrogens with zero attached hydrogens (tertiary/aromatic N) is 1. The van der Waals surface area contributed by atoms with Gasteiger partial charge in [0.1, 0.15) is 12.4 Å². The Morgan fingerprint density at radius 3 is 2.42 bits per heavy atom. The number of hydrogen-bond acceptors (Lipinski definition) is 5. The van der Waals surface area contributed by atoms with Crippen LogP contribution >= 0.6 is 11.6 Å². The van der Waals surface area contributed by atoms with Crippen LogP contribution in [0.4, 0.5) is 0 Å². The van der Waals surface area contributed by atoms with Gasteiger partial charge in [0, 0.05) is 23.7 Å². The maximum Gasteiger partial charge on any atom is 0.253 e. The van der Waals surface area contributed by atoms with Crippen molar-refractivity contribution in [2.75, 3.05) is 20.2 Å². The minimum atomic E-state index is -3.90. The number of ketones is 1. The topological polar surface area (TPSA) is 80.8 Å². The standard InChI is InChI=1S/C23H18ClNO5S/c1-25(12-13-30-19-8-4-3-7-18(19)24)23(27)15-10-11-17-21(14-15)31(28,29)20-9-5-2-6-16(20)22(17)26/h2-11,14H,12-13H2,1H3. The zero-order valence-corrected chi connectivity index (χ0v) is 18.1. The maximum absolute atomic E-state index is 13.0. The second-order valence-corrected chi connectivity index (χ2v) is 9.34. The van der Waals surface area contributed by atoms with Gasteiger partial charge in [0.05, 0.1) is 21.4 Å². The number of benzene rings is 3. The first-order valence-electron chi connectivity index (χ1n) is 9.46. The van der Waals surface area contributed by atoms with Gasteiger partial charge in [-0.3, -0.25) is 9.59 Å². The van der Waals surface area contributed by atoms with E-state index in [1.807, 2.05) is 0 Å². The Labute approximate surface area is 184 Å². The predicted molar refractivity (Wildman–Crippen MR) is 116 cm³/mol. The lowest BCUT2D eigenvalue weighted by molar-refractivity contribution is 0.0773. The summed E-state index contributed by atoms with van der Waals surface area (Å²) in [6, 6.07) is 17.2. The van der Waals surface area contributed by atoms with Crippen molar-refractivity contribution in [3.63, 3.8) is 0 Å². The number of fused-ring (bicyclic) bond motifs is 2. The lowest BCUT2D eigenvalue weighted by Crippen LogP contribution is -2.31. The van der Waals surface area contributed by atoms with Gasteiger partial charge in [-0.05, 0) is 42.5 Å². The molecular weight excluding hydrogens is 438 g/mol. The van der Waals surface area contributed by atoms with Crippen LogP contribution in [0.25, 0.3) is 0 Å². The van der Waals surface area contributed by atoms with E-state index in [4.69, 9.17) is 16.3 Å². The van der Waals surface area contributed by atoms with Crippen molar-refractivity contribution in [3.05, 3.63) is 88.4 Å². The van der Waals surface area contributed by atoms with Gasteiger partial charge in [-0.25, -0.2) is 8.42 Å². The molecule has 158 valence electrons. The normalized spacial score (nSPS) is 13.8. The van der Waals surface area contributed by atoms with E-state index in [-0.39, 0.29) is 51.3 Å². The fourth-order valence-corrected chi connectivity index (χ4v) is 5.26.